The Morgan fingerprint density at radius 3 is 2.24 bits per heavy atom. The number of piperazine rings is 1. The van der Waals surface area contributed by atoms with Gasteiger partial charge >= 0.3 is 0 Å². The molecule has 0 spiro atoms. The number of nitrogens with zero attached hydrogens (tertiary/aromatic N) is 3. The molecule has 0 bridgehead atoms. The first-order valence-electron chi connectivity index (χ1n) is 11.6. The zero-order chi connectivity index (χ0) is 22.8. The number of hydrogen-bond donors (Lipinski definition) is 2. The van der Waals surface area contributed by atoms with Gasteiger partial charge in [0, 0.05) is 56.6 Å². The third kappa shape index (κ3) is 4.63. The van der Waals surface area contributed by atoms with E-state index in [1.165, 1.54) is 18.6 Å². The van der Waals surface area contributed by atoms with Gasteiger partial charge in [0.15, 0.2) is 0 Å². The summed E-state index contributed by atoms with van der Waals surface area (Å²) in [5.41, 5.74) is 3.28. The Bertz CT molecular complexity index is 1140. The van der Waals surface area contributed by atoms with Gasteiger partial charge in [0.25, 0.3) is 0 Å². The first-order valence-corrected chi connectivity index (χ1v) is 12.0. The Hall–Kier alpha value is -2.83. The third-order valence-corrected chi connectivity index (χ3v) is 6.83. The van der Waals surface area contributed by atoms with Gasteiger partial charge in [-0.05, 0) is 66.8 Å². The van der Waals surface area contributed by atoms with Crippen molar-refractivity contribution in [2.45, 2.75) is 19.3 Å². The van der Waals surface area contributed by atoms with E-state index < -0.39 is 5.82 Å². The van der Waals surface area contributed by atoms with Gasteiger partial charge in [0.2, 0.25) is 0 Å². The molecule has 1 aromatic heterocycles. The van der Waals surface area contributed by atoms with Crippen LogP contribution in [0.25, 0.3) is 22.3 Å². The minimum Gasteiger partial charge on any atom is -0.507 e. The normalized spacial score (nSPS) is 16.8. The average molecular weight is 467 g/mol. The summed E-state index contributed by atoms with van der Waals surface area (Å²) in [5.74, 6) is 0.457. The van der Waals surface area contributed by atoms with Gasteiger partial charge < -0.3 is 20.2 Å². The van der Waals surface area contributed by atoms with Crippen molar-refractivity contribution in [3.05, 3.63) is 59.5 Å². The fourth-order valence-electron chi connectivity index (χ4n) is 4.76. The molecule has 7 heteroatoms. The molecule has 2 saturated heterocycles. The highest BCUT2D eigenvalue weighted by Crippen LogP contribution is 2.41. The van der Waals surface area contributed by atoms with Gasteiger partial charge in [0.1, 0.15) is 17.4 Å². The first-order chi connectivity index (χ1) is 16.1. The summed E-state index contributed by atoms with van der Waals surface area (Å²) in [6.07, 6.45) is 5.28. The van der Waals surface area contributed by atoms with Crippen LogP contribution in [0.5, 0.6) is 5.75 Å². The largest absolute Gasteiger partial charge is 0.507 e. The number of rotatable bonds is 4. The zero-order valence-corrected chi connectivity index (χ0v) is 19.3. The molecule has 2 N–H and O–H groups in total. The molecule has 0 amide bonds. The number of anilines is 2. The van der Waals surface area contributed by atoms with Crippen LogP contribution in [-0.2, 0) is 0 Å². The molecule has 0 atom stereocenters. The second kappa shape index (κ2) is 9.57. The van der Waals surface area contributed by atoms with E-state index in [0.717, 1.165) is 69.2 Å². The Balaban J connectivity index is 1.50. The molecule has 172 valence electrons. The number of phenolic OH excluding ortho intramolecular Hbond substituents is 1. The Morgan fingerprint density at radius 1 is 0.848 bits per heavy atom. The second-order valence-corrected chi connectivity index (χ2v) is 9.11. The molecule has 2 aliphatic heterocycles. The van der Waals surface area contributed by atoms with Crippen LogP contribution in [0, 0.1) is 5.82 Å². The molecule has 2 aromatic carbocycles. The maximum Gasteiger partial charge on any atom is 0.131 e. The molecule has 2 aliphatic rings. The lowest BCUT2D eigenvalue weighted by atomic mass is 9.97. The monoisotopic (exact) mass is 466 g/mol. The predicted octanol–water partition coefficient (Wildman–Crippen LogP) is 5.31. The third-order valence-electron chi connectivity index (χ3n) is 6.53. The molecule has 5 rings (SSSR count). The van der Waals surface area contributed by atoms with Gasteiger partial charge in [-0.3, -0.25) is 0 Å². The fraction of sp³-hybridized carbons (Fsp3) is 0.346. The van der Waals surface area contributed by atoms with Gasteiger partial charge in [-0.15, -0.1) is 0 Å². The summed E-state index contributed by atoms with van der Waals surface area (Å²) in [6, 6.07) is 12.2. The summed E-state index contributed by atoms with van der Waals surface area (Å²) < 4.78 is 14.7. The zero-order valence-electron chi connectivity index (χ0n) is 18.5. The minimum absolute atomic E-state index is 0.0376. The summed E-state index contributed by atoms with van der Waals surface area (Å²) in [7, 11) is 0. The van der Waals surface area contributed by atoms with Crippen molar-refractivity contribution in [2.75, 3.05) is 49.1 Å². The number of nitrogens with one attached hydrogen (secondary N) is 1. The minimum atomic E-state index is -0.408. The molecular weight excluding hydrogens is 439 g/mol. The van der Waals surface area contributed by atoms with Crippen molar-refractivity contribution in [1.29, 1.82) is 0 Å². The van der Waals surface area contributed by atoms with Crippen LogP contribution in [0.1, 0.15) is 19.3 Å². The number of pyridine rings is 1. The number of aromatic hydroxyl groups is 1. The van der Waals surface area contributed by atoms with Crippen molar-refractivity contribution in [3.8, 4) is 28.0 Å². The highest BCUT2D eigenvalue weighted by Gasteiger charge is 2.19. The number of hydrogen-bond acceptors (Lipinski definition) is 5. The summed E-state index contributed by atoms with van der Waals surface area (Å²) >= 11 is 6.63. The highest BCUT2D eigenvalue weighted by molar-refractivity contribution is 6.33. The standard InChI is InChI=1S/C26H28ClFN4O/c27-23-14-18(4-5-24(23)31-10-2-1-3-11-31)21-16-20(28)17-22(26(21)33)19-6-7-30-25(15-19)32-12-8-29-9-13-32/h4-7,14-17,29,33H,1-3,8-13H2. The fourth-order valence-corrected chi connectivity index (χ4v) is 5.06. The van der Waals surface area contributed by atoms with E-state index in [9.17, 15) is 9.50 Å². The highest BCUT2D eigenvalue weighted by atomic mass is 35.5. The lowest BCUT2D eigenvalue weighted by Gasteiger charge is -2.29. The summed E-state index contributed by atoms with van der Waals surface area (Å²) in [6.45, 7) is 5.50. The van der Waals surface area contributed by atoms with Gasteiger partial charge in [-0.25, -0.2) is 9.37 Å². The predicted molar refractivity (Wildman–Crippen MR) is 133 cm³/mol. The van der Waals surface area contributed by atoms with E-state index in [0.29, 0.717) is 21.7 Å². The quantitative estimate of drug-likeness (QED) is 0.545. The maximum absolute atomic E-state index is 14.7. The Morgan fingerprint density at radius 2 is 1.55 bits per heavy atom. The molecule has 3 heterocycles. The Kier molecular flexibility index (Phi) is 6.38. The van der Waals surface area contributed by atoms with Crippen LogP contribution >= 0.6 is 11.6 Å². The van der Waals surface area contributed by atoms with Crippen LogP contribution in [0.3, 0.4) is 0 Å². The van der Waals surface area contributed by atoms with Crippen molar-refractivity contribution in [3.63, 3.8) is 0 Å². The van der Waals surface area contributed by atoms with Crippen molar-refractivity contribution >= 4 is 23.1 Å². The lowest BCUT2D eigenvalue weighted by molar-refractivity contribution is 0.477. The van der Waals surface area contributed by atoms with Crippen molar-refractivity contribution in [2.24, 2.45) is 0 Å². The number of benzene rings is 2. The van der Waals surface area contributed by atoms with Crippen LogP contribution in [-0.4, -0.2) is 49.4 Å². The molecule has 33 heavy (non-hydrogen) atoms. The van der Waals surface area contributed by atoms with Crippen molar-refractivity contribution in [1.82, 2.24) is 10.3 Å². The second-order valence-electron chi connectivity index (χ2n) is 8.70. The molecule has 0 aliphatic carbocycles. The molecule has 0 radical (unpaired) electrons. The van der Waals surface area contributed by atoms with Crippen LogP contribution in [0.15, 0.2) is 48.7 Å². The summed E-state index contributed by atoms with van der Waals surface area (Å²) in [4.78, 5) is 8.97. The number of aromatic nitrogens is 1. The molecule has 5 nitrogen and oxygen atoms in total. The molecule has 3 aromatic rings. The SMILES string of the molecule is Oc1c(-c2ccnc(N3CCNCC3)c2)cc(F)cc1-c1ccc(N2CCCCC2)c(Cl)c1. The smallest absolute Gasteiger partial charge is 0.131 e. The summed E-state index contributed by atoms with van der Waals surface area (Å²) in [5, 5.41) is 15.1. The van der Waals surface area contributed by atoms with E-state index in [-0.39, 0.29) is 5.75 Å². The van der Waals surface area contributed by atoms with E-state index in [2.05, 4.69) is 20.1 Å². The van der Waals surface area contributed by atoms with Gasteiger partial charge in [0.05, 0.1) is 10.7 Å². The molecule has 0 unspecified atom stereocenters. The molecule has 0 saturated carbocycles. The lowest BCUT2D eigenvalue weighted by Crippen LogP contribution is -2.43. The number of phenols is 1. The van der Waals surface area contributed by atoms with Crippen molar-refractivity contribution < 1.29 is 9.50 Å². The maximum atomic E-state index is 14.7. The van der Waals surface area contributed by atoms with Gasteiger partial charge in [-0.2, -0.15) is 0 Å². The van der Waals surface area contributed by atoms with E-state index >= 15 is 0 Å². The molecular formula is C26H28ClFN4O. The number of piperidine rings is 1. The van der Waals surface area contributed by atoms with E-state index in [1.54, 1.807) is 12.3 Å². The topological polar surface area (TPSA) is 51.6 Å². The average Bonchev–Trinajstić information content (AvgIpc) is 2.86. The van der Waals surface area contributed by atoms with E-state index in [1.807, 2.05) is 24.3 Å². The van der Waals surface area contributed by atoms with E-state index in [4.69, 9.17) is 11.6 Å². The number of halogens is 2. The first kappa shape index (κ1) is 22.0. The van der Waals surface area contributed by atoms with Crippen LogP contribution in [0.4, 0.5) is 15.9 Å². The van der Waals surface area contributed by atoms with Crippen LogP contribution < -0.4 is 15.1 Å². The molecule has 2 fully saturated rings. The Labute approximate surface area is 198 Å². The van der Waals surface area contributed by atoms with Gasteiger partial charge in [-0.1, -0.05) is 17.7 Å². The van der Waals surface area contributed by atoms with Crippen LogP contribution in [0.2, 0.25) is 5.02 Å².